The summed E-state index contributed by atoms with van der Waals surface area (Å²) in [5.41, 5.74) is 2.44. The first-order chi connectivity index (χ1) is 13.8. The van der Waals surface area contributed by atoms with Crippen LogP contribution in [0.15, 0.2) is 54.6 Å². The quantitative estimate of drug-likeness (QED) is 0.674. The first-order valence-corrected chi connectivity index (χ1v) is 9.78. The van der Waals surface area contributed by atoms with Crippen LogP contribution >= 0.6 is 0 Å². The highest BCUT2D eigenvalue weighted by Gasteiger charge is 2.23. The van der Waals surface area contributed by atoms with E-state index in [1.54, 1.807) is 14.2 Å². The summed E-state index contributed by atoms with van der Waals surface area (Å²) >= 11 is 0. The normalized spacial score (nSPS) is 16.2. The summed E-state index contributed by atoms with van der Waals surface area (Å²) in [5, 5.41) is 3.58. The molecule has 0 aromatic heterocycles. The van der Waals surface area contributed by atoms with Crippen LogP contribution in [0.2, 0.25) is 0 Å². The molecule has 3 rings (SSSR count). The molecule has 1 heterocycles. The molecule has 1 aliphatic rings. The number of methoxy groups -OCH3 is 2. The van der Waals surface area contributed by atoms with Gasteiger partial charge in [-0.2, -0.15) is 0 Å². The Balaban J connectivity index is 1.66. The van der Waals surface area contributed by atoms with Crippen LogP contribution in [0.25, 0.3) is 6.08 Å². The lowest BCUT2D eigenvalue weighted by atomic mass is 10.0. The minimum Gasteiger partial charge on any atom is -0.493 e. The molecule has 0 bridgehead atoms. The Hall–Kier alpha value is -2.34. The van der Waals surface area contributed by atoms with Gasteiger partial charge in [-0.3, -0.25) is 4.90 Å². The van der Waals surface area contributed by atoms with Gasteiger partial charge in [0.2, 0.25) is 0 Å². The van der Waals surface area contributed by atoms with E-state index < -0.39 is 0 Å². The molecule has 1 fully saturated rings. The van der Waals surface area contributed by atoms with Crippen molar-refractivity contribution in [2.24, 2.45) is 0 Å². The lowest BCUT2D eigenvalue weighted by molar-refractivity contribution is 0.0163. The van der Waals surface area contributed by atoms with Crippen molar-refractivity contribution in [1.29, 1.82) is 0 Å². The number of hydrogen-bond acceptors (Lipinski definition) is 5. The van der Waals surface area contributed by atoms with Crippen molar-refractivity contribution in [1.82, 2.24) is 10.2 Å². The molecular weight excluding hydrogens is 352 g/mol. The third-order valence-electron chi connectivity index (χ3n) is 4.99. The number of benzene rings is 2. The maximum atomic E-state index is 5.54. The molecule has 0 radical (unpaired) electrons. The summed E-state index contributed by atoms with van der Waals surface area (Å²) in [7, 11) is 3.34. The van der Waals surface area contributed by atoms with E-state index in [0.29, 0.717) is 0 Å². The average Bonchev–Trinajstić information content (AvgIpc) is 2.77. The van der Waals surface area contributed by atoms with Gasteiger partial charge < -0.3 is 19.5 Å². The Morgan fingerprint density at radius 1 is 1.04 bits per heavy atom. The fourth-order valence-electron chi connectivity index (χ4n) is 3.47. The van der Waals surface area contributed by atoms with Crippen molar-refractivity contribution in [2.75, 3.05) is 53.6 Å². The third-order valence-corrected chi connectivity index (χ3v) is 4.99. The zero-order valence-corrected chi connectivity index (χ0v) is 16.8. The van der Waals surface area contributed by atoms with Crippen LogP contribution in [-0.4, -0.2) is 58.5 Å². The molecule has 2 aromatic carbocycles. The minimum atomic E-state index is 0.258. The summed E-state index contributed by atoms with van der Waals surface area (Å²) in [6.07, 6.45) is 4.31. The smallest absolute Gasteiger partial charge is 0.161 e. The summed E-state index contributed by atoms with van der Waals surface area (Å²) in [4.78, 5) is 2.47. The molecule has 5 heteroatoms. The number of morpholine rings is 1. The van der Waals surface area contributed by atoms with Gasteiger partial charge in [-0.15, -0.1) is 0 Å². The predicted octanol–water partition coefficient (Wildman–Crippen LogP) is 3.38. The van der Waals surface area contributed by atoms with Crippen LogP contribution < -0.4 is 14.8 Å². The second kappa shape index (κ2) is 10.9. The fourth-order valence-corrected chi connectivity index (χ4v) is 3.47. The molecule has 0 aliphatic carbocycles. The first-order valence-electron chi connectivity index (χ1n) is 9.78. The Bertz CT molecular complexity index is 743. The van der Waals surface area contributed by atoms with E-state index in [1.807, 2.05) is 12.1 Å². The first kappa shape index (κ1) is 20.4. The second-order valence-corrected chi connectivity index (χ2v) is 6.75. The van der Waals surface area contributed by atoms with Gasteiger partial charge in [0.1, 0.15) is 0 Å². The SMILES string of the molecule is COc1ccc(C(CNC/C=C/c2ccccc2)N2CCOCC2)cc1OC. The molecule has 28 heavy (non-hydrogen) atoms. The third kappa shape index (κ3) is 5.58. The van der Waals surface area contributed by atoms with Crippen molar-refractivity contribution in [3.63, 3.8) is 0 Å². The van der Waals surface area contributed by atoms with Crippen LogP contribution in [0.4, 0.5) is 0 Å². The Morgan fingerprint density at radius 2 is 1.79 bits per heavy atom. The number of rotatable bonds is 9. The van der Waals surface area contributed by atoms with Crippen molar-refractivity contribution < 1.29 is 14.2 Å². The molecule has 0 saturated carbocycles. The predicted molar refractivity (Wildman–Crippen MR) is 113 cm³/mol. The van der Waals surface area contributed by atoms with Crippen LogP contribution in [0.3, 0.4) is 0 Å². The molecule has 150 valence electrons. The number of nitrogens with one attached hydrogen (secondary N) is 1. The number of ether oxygens (including phenoxy) is 3. The lowest BCUT2D eigenvalue weighted by Gasteiger charge is -2.35. The van der Waals surface area contributed by atoms with Crippen molar-refractivity contribution in [3.8, 4) is 11.5 Å². The Labute approximate surface area is 167 Å². The van der Waals surface area contributed by atoms with Crippen LogP contribution in [0, 0.1) is 0 Å². The molecular formula is C23H30N2O3. The maximum Gasteiger partial charge on any atom is 0.161 e. The molecule has 1 N–H and O–H groups in total. The summed E-state index contributed by atoms with van der Waals surface area (Å²) in [5.74, 6) is 1.52. The summed E-state index contributed by atoms with van der Waals surface area (Å²) in [6, 6.07) is 16.8. The van der Waals surface area contributed by atoms with E-state index in [1.165, 1.54) is 11.1 Å². The minimum absolute atomic E-state index is 0.258. The molecule has 1 atom stereocenters. The summed E-state index contributed by atoms with van der Waals surface area (Å²) < 4.78 is 16.4. The monoisotopic (exact) mass is 382 g/mol. The highest BCUT2D eigenvalue weighted by molar-refractivity contribution is 5.48. The Morgan fingerprint density at radius 3 is 2.50 bits per heavy atom. The average molecular weight is 383 g/mol. The molecule has 1 saturated heterocycles. The highest BCUT2D eigenvalue weighted by Crippen LogP contribution is 2.32. The van der Waals surface area contributed by atoms with Crippen molar-refractivity contribution >= 4 is 6.08 Å². The van der Waals surface area contributed by atoms with Gasteiger partial charge >= 0.3 is 0 Å². The van der Waals surface area contributed by atoms with E-state index in [-0.39, 0.29) is 6.04 Å². The van der Waals surface area contributed by atoms with E-state index in [2.05, 4.69) is 58.8 Å². The van der Waals surface area contributed by atoms with Gasteiger partial charge in [0, 0.05) is 32.2 Å². The molecule has 5 nitrogen and oxygen atoms in total. The summed E-state index contributed by atoms with van der Waals surface area (Å²) in [6.45, 7) is 5.09. The van der Waals surface area contributed by atoms with Crippen molar-refractivity contribution in [3.05, 3.63) is 65.7 Å². The standard InChI is InChI=1S/C23H30N2O3/c1-26-22-11-10-20(17-23(22)27-2)21(25-13-15-28-16-14-25)18-24-12-6-9-19-7-4-3-5-8-19/h3-11,17,21,24H,12-16,18H2,1-2H3/b9-6+. The topological polar surface area (TPSA) is 43.0 Å². The van der Waals surface area contributed by atoms with Gasteiger partial charge in [-0.05, 0) is 23.3 Å². The van der Waals surface area contributed by atoms with Gasteiger partial charge in [0.25, 0.3) is 0 Å². The fraction of sp³-hybridized carbons (Fsp3) is 0.391. The number of nitrogens with zero attached hydrogens (tertiary/aromatic N) is 1. The van der Waals surface area contributed by atoms with Gasteiger partial charge in [0.05, 0.1) is 27.4 Å². The highest BCUT2D eigenvalue weighted by atomic mass is 16.5. The zero-order chi connectivity index (χ0) is 19.6. The lowest BCUT2D eigenvalue weighted by Crippen LogP contribution is -2.42. The Kier molecular flexibility index (Phi) is 7.91. The van der Waals surface area contributed by atoms with E-state index in [4.69, 9.17) is 14.2 Å². The van der Waals surface area contributed by atoms with Gasteiger partial charge in [-0.25, -0.2) is 0 Å². The van der Waals surface area contributed by atoms with E-state index in [0.717, 1.165) is 50.9 Å². The van der Waals surface area contributed by atoms with Crippen LogP contribution in [0.1, 0.15) is 17.2 Å². The van der Waals surface area contributed by atoms with Gasteiger partial charge in [0.15, 0.2) is 11.5 Å². The molecule has 1 aliphatic heterocycles. The molecule has 0 amide bonds. The van der Waals surface area contributed by atoms with Gasteiger partial charge in [-0.1, -0.05) is 48.6 Å². The zero-order valence-electron chi connectivity index (χ0n) is 16.8. The van der Waals surface area contributed by atoms with Crippen LogP contribution in [-0.2, 0) is 4.74 Å². The van der Waals surface area contributed by atoms with E-state index in [9.17, 15) is 0 Å². The maximum absolute atomic E-state index is 5.54. The molecule has 2 aromatic rings. The van der Waals surface area contributed by atoms with E-state index >= 15 is 0 Å². The van der Waals surface area contributed by atoms with Crippen LogP contribution in [0.5, 0.6) is 11.5 Å². The largest absolute Gasteiger partial charge is 0.493 e. The number of hydrogen-bond donors (Lipinski definition) is 1. The molecule has 1 unspecified atom stereocenters. The van der Waals surface area contributed by atoms with Crippen molar-refractivity contribution in [2.45, 2.75) is 6.04 Å². The second-order valence-electron chi connectivity index (χ2n) is 6.75. The molecule has 0 spiro atoms.